The predicted octanol–water partition coefficient (Wildman–Crippen LogP) is 8.48. The molecule has 4 rings (SSSR count). The third kappa shape index (κ3) is 7.62. The number of hydrogen-bond acceptors (Lipinski definition) is 7. The highest BCUT2D eigenvalue weighted by molar-refractivity contribution is 5.92. The van der Waals surface area contributed by atoms with Crippen molar-refractivity contribution in [3.05, 3.63) is 94.3 Å². The van der Waals surface area contributed by atoms with Crippen molar-refractivity contribution in [1.29, 1.82) is 0 Å². The number of azo groups is 1. The number of nitrogens with zero attached hydrogens (tertiary/aromatic N) is 2. The van der Waals surface area contributed by atoms with Gasteiger partial charge < -0.3 is 13.9 Å². The van der Waals surface area contributed by atoms with Crippen LogP contribution in [-0.2, 0) is 0 Å². The van der Waals surface area contributed by atoms with Crippen molar-refractivity contribution in [3.63, 3.8) is 0 Å². The van der Waals surface area contributed by atoms with E-state index in [0.29, 0.717) is 28.3 Å². The molecule has 1 heterocycles. The molecule has 0 atom stereocenters. The van der Waals surface area contributed by atoms with Gasteiger partial charge in [0.15, 0.2) is 0 Å². The Morgan fingerprint density at radius 1 is 0.789 bits per heavy atom. The van der Waals surface area contributed by atoms with Gasteiger partial charge in [-0.3, -0.25) is 0 Å². The highest BCUT2D eigenvalue weighted by Crippen LogP contribution is 2.24. The first-order chi connectivity index (χ1) is 18.5. The molecule has 0 amide bonds. The molecule has 0 bridgehead atoms. The van der Waals surface area contributed by atoms with Crippen LogP contribution in [-0.4, -0.2) is 12.6 Å². The van der Waals surface area contributed by atoms with Crippen LogP contribution in [0.1, 0.15) is 61.4 Å². The van der Waals surface area contributed by atoms with Crippen molar-refractivity contribution >= 4 is 28.3 Å². The molecule has 4 aromatic rings. The Hall–Kier alpha value is -4.26. The molecule has 0 spiro atoms. The van der Waals surface area contributed by atoms with Crippen molar-refractivity contribution in [3.8, 4) is 11.5 Å². The number of benzene rings is 3. The van der Waals surface area contributed by atoms with Crippen LogP contribution in [0.25, 0.3) is 11.0 Å². The van der Waals surface area contributed by atoms with Crippen LogP contribution in [0.2, 0.25) is 0 Å². The molecule has 0 aliphatic heterocycles. The molecular weight excluding hydrogens is 480 g/mol. The fourth-order valence-electron chi connectivity index (χ4n) is 4.00. The van der Waals surface area contributed by atoms with Crippen LogP contribution < -0.4 is 15.1 Å². The molecule has 0 aliphatic rings. The average molecular weight is 513 g/mol. The first-order valence-corrected chi connectivity index (χ1v) is 13.0. The SMILES string of the molecule is CCCCCCCCOc1ccc(N=Nc2ccc(C(=O)Oc3ccc4c(C)cc(=O)oc4c3)cc2)cc1. The van der Waals surface area contributed by atoms with Crippen LogP contribution in [0, 0.1) is 6.92 Å². The van der Waals surface area contributed by atoms with Crippen LogP contribution >= 0.6 is 0 Å². The summed E-state index contributed by atoms with van der Waals surface area (Å²) in [7, 11) is 0. The molecule has 196 valence electrons. The maximum absolute atomic E-state index is 12.6. The van der Waals surface area contributed by atoms with Gasteiger partial charge in [-0.15, -0.1) is 0 Å². The fraction of sp³-hybridized carbons (Fsp3) is 0.290. The highest BCUT2D eigenvalue weighted by atomic mass is 16.5. The summed E-state index contributed by atoms with van der Waals surface area (Å²) in [5.41, 5.74) is 2.39. The van der Waals surface area contributed by atoms with Gasteiger partial charge in [0.05, 0.1) is 23.5 Å². The maximum atomic E-state index is 12.6. The zero-order chi connectivity index (χ0) is 26.7. The van der Waals surface area contributed by atoms with Gasteiger partial charge >= 0.3 is 11.6 Å². The van der Waals surface area contributed by atoms with Gasteiger partial charge in [-0.05, 0) is 79.6 Å². The second kappa shape index (κ2) is 13.3. The minimum Gasteiger partial charge on any atom is -0.494 e. The summed E-state index contributed by atoms with van der Waals surface area (Å²) in [5, 5.41) is 9.29. The first-order valence-electron chi connectivity index (χ1n) is 13.0. The lowest BCUT2D eigenvalue weighted by atomic mass is 10.1. The van der Waals surface area contributed by atoms with E-state index in [-0.39, 0.29) is 0 Å². The zero-order valence-electron chi connectivity index (χ0n) is 21.8. The third-order valence-corrected chi connectivity index (χ3v) is 6.12. The number of fused-ring (bicyclic) bond motifs is 1. The molecule has 0 saturated heterocycles. The lowest BCUT2D eigenvalue weighted by Crippen LogP contribution is -2.08. The van der Waals surface area contributed by atoms with Crippen LogP contribution in [0.5, 0.6) is 11.5 Å². The van der Waals surface area contributed by atoms with E-state index in [2.05, 4.69) is 17.2 Å². The topological polar surface area (TPSA) is 90.5 Å². The first kappa shape index (κ1) is 26.8. The molecule has 0 unspecified atom stereocenters. The molecule has 38 heavy (non-hydrogen) atoms. The number of unbranched alkanes of at least 4 members (excludes halogenated alkanes) is 5. The van der Waals surface area contributed by atoms with E-state index in [1.54, 1.807) is 36.4 Å². The smallest absolute Gasteiger partial charge is 0.343 e. The second-order valence-electron chi connectivity index (χ2n) is 9.15. The van der Waals surface area contributed by atoms with Gasteiger partial charge in [0.2, 0.25) is 0 Å². The Labute approximate surface area is 222 Å². The Balaban J connectivity index is 1.28. The van der Waals surface area contributed by atoms with Crippen molar-refractivity contribution in [2.75, 3.05) is 6.61 Å². The number of esters is 1. The highest BCUT2D eigenvalue weighted by Gasteiger charge is 2.11. The summed E-state index contributed by atoms with van der Waals surface area (Å²) >= 11 is 0. The zero-order valence-corrected chi connectivity index (χ0v) is 21.8. The van der Waals surface area contributed by atoms with Gasteiger partial charge in [-0.1, -0.05) is 39.0 Å². The Kier molecular flexibility index (Phi) is 9.40. The maximum Gasteiger partial charge on any atom is 0.343 e. The Bertz CT molecular complexity index is 1440. The van der Waals surface area contributed by atoms with Crippen LogP contribution in [0.3, 0.4) is 0 Å². The molecule has 0 saturated carbocycles. The lowest BCUT2D eigenvalue weighted by molar-refractivity contribution is 0.0735. The van der Waals surface area contributed by atoms with E-state index in [9.17, 15) is 9.59 Å². The minimum absolute atomic E-state index is 0.291. The monoisotopic (exact) mass is 512 g/mol. The summed E-state index contributed by atoms with van der Waals surface area (Å²) in [6.45, 7) is 4.77. The van der Waals surface area contributed by atoms with Crippen LogP contribution in [0.15, 0.2) is 92.2 Å². The van der Waals surface area contributed by atoms with Crippen molar-refractivity contribution < 1.29 is 18.7 Å². The van der Waals surface area contributed by atoms with E-state index in [4.69, 9.17) is 13.9 Å². The van der Waals surface area contributed by atoms with Crippen LogP contribution in [0.4, 0.5) is 11.4 Å². The molecular formula is C31H32N2O5. The number of aryl methyl sites for hydroxylation is 1. The van der Waals surface area contributed by atoms with Gasteiger partial charge in [-0.25, -0.2) is 9.59 Å². The van der Waals surface area contributed by atoms with E-state index < -0.39 is 11.6 Å². The summed E-state index contributed by atoms with van der Waals surface area (Å²) in [6, 6.07) is 20.5. The van der Waals surface area contributed by atoms with E-state index >= 15 is 0 Å². The van der Waals surface area contributed by atoms with Gasteiger partial charge in [0, 0.05) is 17.5 Å². The summed E-state index contributed by atoms with van der Waals surface area (Å²) in [5.74, 6) is 0.586. The molecule has 3 aromatic carbocycles. The number of hydrogen-bond donors (Lipinski definition) is 0. The lowest BCUT2D eigenvalue weighted by Gasteiger charge is -2.06. The molecule has 0 aliphatic carbocycles. The van der Waals surface area contributed by atoms with E-state index in [1.807, 2.05) is 31.2 Å². The van der Waals surface area contributed by atoms with E-state index in [0.717, 1.165) is 29.7 Å². The summed E-state index contributed by atoms with van der Waals surface area (Å²) in [4.78, 5) is 24.2. The van der Waals surface area contributed by atoms with Crippen molar-refractivity contribution in [2.45, 2.75) is 52.4 Å². The Morgan fingerprint density at radius 2 is 1.42 bits per heavy atom. The molecule has 7 heteroatoms. The minimum atomic E-state index is -0.528. The third-order valence-electron chi connectivity index (χ3n) is 6.12. The molecule has 0 N–H and O–H groups in total. The molecule has 7 nitrogen and oxygen atoms in total. The largest absolute Gasteiger partial charge is 0.494 e. The van der Waals surface area contributed by atoms with Gasteiger partial charge in [0.1, 0.15) is 17.1 Å². The second-order valence-corrected chi connectivity index (χ2v) is 9.15. The standard InChI is InChI=1S/C31H32N2O5/c1-3-4-5-6-7-8-19-36-26-15-13-25(14-16-26)33-32-24-11-9-23(10-12-24)31(35)37-27-17-18-28-22(2)20-30(34)38-29(28)21-27/h9-18,20-21H,3-8,19H2,1-2H3. The fourth-order valence-corrected chi connectivity index (χ4v) is 4.00. The van der Waals surface area contributed by atoms with Crippen molar-refractivity contribution in [2.24, 2.45) is 10.2 Å². The number of rotatable bonds is 12. The average Bonchev–Trinajstić information content (AvgIpc) is 2.92. The quantitative estimate of drug-likeness (QED) is 0.0624. The summed E-state index contributed by atoms with van der Waals surface area (Å²) < 4.78 is 16.5. The van der Waals surface area contributed by atoms with Gasteiger partial charge in [-0.2, -0.15) is 10.2 Å². The molecule has 0 radical (unpaired) electrons. The van der Waals surface area contributed by atoms with Gasteiger partial charge in [0.25, 0.3) is 0 Å². The normalized spacial score (nSPS) is 11.2. The predicted molar refractivity (Wildman–Crippen MR) is 148 cm³/mol. The summed E-state index contributed by atoms with van der Waals surface area (Å²) in [6.07, 6.45) is 7.40. The number of ether oxygens (including phenoxy) is 2. The molecule has 0 fully saturated rings. The van der Waals surface area contributed by atoms with E-state index in [1.165, 1.54) is 44.2 Å². The van der Waals surface area contributed by atoms with Crippen molar-refractivity contribution in [1.82, 2.24) is 0 Å². The molecule has 1 aromatic heterocycles. The number of carbonyl (C=O) groups excluding carboxylic acids is 1. The Morgan fingerprint density at radius 3 is 2.13 bits per heavy atom. The number of carbonyl (C=O) groups is 1.